The Morgan fingerprint density at radius 2 is 1.89 bits per heavy atom. The Kier molecular flexibility index (Phi) is 3.58. The maximum atomic E-state index is 13.7. The molecule has 3 nitrogen and oxygen atoms in total. The highest BCUT2D eigenvalue weighted by molar-refractivity contribution is 5.21. The second-order valence-corrected chi connectivity index (χ2v) is 5.12. The molecule has 0 saturated carbocycles. The molecule has 0 unspecified atom stereocenters. The molecule has 0 N–H and O–H groups in total. The summed E-state index contributed by atoms with van der Waals surface area (Å²) in [5.41, 5.74) is 0.694. The average molecular weight is 259 g/mol. The first-order valence-electron chi connectivity index (χ1n) is 6.99. The number of benzene rings is 1. The molecule has 0 bridgehead atoms. The maximum absolute atomic E-state index is 13.7. The second-order valence-electron chi connectivity index (χ2n) is 5.12. The molecular formula is C15H18FN3. The molecule has 1 aliphatic heterocycles. The maximum Gasteiger partial charge on any atom is 0.137 e. The van der Waals surface area contributed by atoms with E-state index in [0.717, 1.165) is 31.0 Å². The molecule has 0 atom stereocenters. The van der Waals surface area contributed by atoms with E-state index in [2.05, 4.69) is 14.8 Å². The number of hydrogen-bond acceptors (Lipinski definition) is 2. The van der Waals surface area contributed by atoms with Crippen molar-refractivity contribution in [3.8, 4) is 0 Å². The third-order valence-electron chi connectivity index (χ3n) is 3.74. The number of nitrogens with zero attached hydrogens (tertiary/aromatic N) is 3. The van der Waals surface area contributed by atoms with Crippen LogP contribution in [0, 0.1) is 5.82 Å². The van der Waals surface area contributed by atoms with Crippen molar-refractivity contribution in [2.75, 3.05) is 0 Å². The number of aryl methyl sites for hydroxylation is 1. The summed E-state index contributed by atoms with van der Waals surface area (Å²) in [6, 6.07) is 6.90. The van der Waals surface area contributed by atoms with Gasteiger partial charge in [0.15, 0.2) is 0 Å². The molecule has 0 aliphatic carbocycles. The van der Waals surface area contributed by atoms with Gasteiger partial charge in [0.05, 0.1) is 0 Å². The van der Waals surface area contributed by atoms with E-state index in [0.29, 0.717) is 12.0 Å². The van der Waals surface area contributed by atoms with Gasteiger partial charge in [-0.3, -0.25) is 0 Å². The Morgan fingerprint density at radius 3 is 2.79 bits per heavy atom. The number of halogens is 1. The number of fused-ring (bicyclic) bond motifs is 1. The van der Waals surface area contributed by atoms with E-state index < -0.39 is 0 Å². The predicted molar refractivity (Wildman–Crippen MR) is 71.4 cm³/mol. The molecule has 0 fully saturated rings. The minimum Gasteiger partial charge on any atom is -0.315 e. The van der Waals surface area contributed by atoms with E-state index in [1.54, 1.807) is 6.07 Å². The average Bonchev–Trinajstić information content (AvgIpc) is 2.73. The number of hydrogen-bond donors (Lipinski definition) is 0. The first kappa shape index (κ1) is 12.3. The normalized spacial score (nSPS) is 15.6. The van der Waals surface area contributed by atoms with Gasteiger partial charge >= 0.3 is 0 Å². The molecule has 0 radical (unpaired) electrons. The van der Waals surface area contributed by atoms with Crippen LogP contribution in [0.15, 0.2) is 24.3 Å². The topological polar surface area (TPSA) is 30.7 Å². The minimum absolute atomic E-state index is 0.161. The smallest absolute Gasteiger partial charge is 0.137 e. The van der Waals surface area contributed by atoms with Crippen LogP contribution in [-0.4, -0.2) is 14.8 Å². The van der Waals surface area contributed by atoms with Crippen molar-refractivity contribution in [2.24, 2.45) is 0 Å². The van der Waals surface area contributed by atoms with Gasteiger partial charge in [0, 0.05) is 19.4 Å². The summed E-state index contributed by atoms with van der Waals surface area (Å²) in [4.78, 5) is 0. The fraction of sp³-hybridized carbons (Fsp3) is 0.467. The van der Waals surface area contributed by atoms with Gasteiger partial charge in [-0.05, 0) is 24.5 Å². The first-order chi connectivity index (χ1) is 9.34. The summed E-state index contributed by atoms with van der Waals surface area (Å²) in [6.45, 7) is 0.964. The Bertz CT molecular complexity index is 562. The molecule has 2 heterocycles. The van der Waals surface area contributed by atoms with Gasteiger partial charge < -0.3 is 4.57 Å². The molecular weight excluding hydrogens is 241 g/mol. The minimum atomic E-state index is -0.161. The highest BCUT2D eigenvalue weighted by atomic mass is 19.1. The van der Waals surface area contributed by atoms with Gasteiger partial charge in [0.2, 0.25) is 0 Å². The van der Waals surface area contributed by atoms with Crippen LogP contribution in [0.3, 0.4) is 0 Å². The van der Waals surface area contributed by atoms with Crippen LogP contribution in [0.4, 0.5) is 4.39 Å². The Morgan fingerprint density at radius 1 is 1.05 bits per heavy atom. The molecule has 1 aliphatic rings. The zero-order valence-electron chi connectivity index (χ0n) is 11.0. The molecule has 3 rings (SSSR count). The Labute approximate surface area is 112 Å². The summed E-state index contributed by atoms with van der Waals surface area (Å²) in [7, 11) is 0. The zero-order valence-corrected chi connectivity index (χ0v) is 11.0. The van der Waals surface area contributed by atoms with Crippen LogP contribution in [-0.2, 0) is 19.4 Å². The van der Waals surface area contributed by atoms with Gasteiger partial charge in [-0.1, -0.05) is 31.0 Å². The van der Waals surface area contributed by atoms with E-state index in [1.165, 1.54) is 25.3 Å². The molecule has 19 heavy (non-hydrogen) atoms. The van der Waals surface area contributed by atoms with E-state index in [1.807, 2.05) is 12.1 Å². The van der Waals surface area contributed by atoms with Crippen LogP contribution >= 0.6 is 0 Å². The molecule has 2 aromatic rings. The van der Waals surface area contributed by atoms with Crippen molar-refractivity contribution >= 4 is 0 Å². The summed E-state index contributed by atoms with van der Waals surface area (Å²) < 4.78 is 15.9. The Balaban J connectivity index is 1.87. The molecule has 100 valence electrons. The van der Waals surface area contributed by atoms with Crippen molar-refractivity contribution in [3.63, 3.8) is 0 Å². The van der Waals surface area contributed by atoms with Crippen LogP contribution < -0.4 is 0 Å². The SMILES string of the molecule is Fc1ccccc1Cc1nnc2n1CCCCCC2. The second kappa shape index (κ2) is 5.51. The third-order valence-corrected chi connectivity index (χ3v) is 3.74. The fourth-order valence-corrected chi connectivity index (χ4v) is 2.66. The largest absolute Gasteiger partial charge is 0.315 e. The van der Waals surface area contributed by atoms with Crippen molar-refractivity contribution in [1.29, 1.82) is 0 Å². The van der Waals surface area contributed by atoms with Gasteiger partial charge in [0.25, 0.3) is 0 Å². The van der Waals surface area contributed by atoms with Gasteiger partial charge in [-0.2, -0.15) is 0 Å². The van der Waals surface area contributed by atoms with Crippen LogP contribution in [0.5, 0.6) is 0 Å². The lowest BCUT2D eigenvalue weighted by Crippen LogP contribution is -2.11. The van der Waals surface area contributed by atoms with Gasteiger partial charge in [-0.25, -0.2) is 4.39 Å². The number of aromatic nitrogens is 3. The number of rotatable bonds is 2. The zero-order chi connectivity index (χ0) is 13.1. The summed E-state index contributed by atoms with van der Waals surface area (Å²) >= 11 is 0. The van der Waals surface area contributed by atoms with Crippen molar-refractivity contribution in [2.45, 2.75) is 45.1 Å². The molecule has 0 amide bonds. The van der Waals surface area contributed by atoms with Gasteiger partial charge in [0.1, 0.15) is 17.5 Å². The standard InChI is InChI=1S/C15H18FN3/c16-13-8-5-4-7-12(13)11-15-18-17-14-9-3-1-2-6-10-19(14)15/h4-5,7-8H,1-3,6,9-11H2. The first-order valence-corrected chi connectivity index (χ1v) is 6.99. The van der Waals surface area contributed by atoms with E-state index in [9.17, 15) is 4.39 Å². The predicted octanol–water partition coefficient (Wildman–Crippen LogP) is 3.12. The van der Waals surface area contributed by atoms with E-state index in [-0.39, 0.29) is 5.82 Å². The molecule has 4 heteroatoms. The van der Waals surface area contributed by atoms with Crippen molar-refractivity contribution in [1.82, 2.24) is 14.8 Å². The van der Waals surface area contributed by atoms with Crippen LogP contribution in [0.2, 0.25) is 0 Å². The lowest BCUT2D eigenvalue weighted by molar-refractivity contribution is 0.505. The van der Waals surface area contributed by atoms with E-state index >= 15 is 0 Å². The summed E-state index contributed by atoms with van der Waals surface area (Å²) in [5.74, 6) is 1.79. The molecule has 0 saturated heterocycles. The van der Waals surface area contributed by atoms with Crippen molar-refractivity contribution in [3.05, 3.63) is 47.3 Å². The lowest BCUT2D eigenvalue weighted by Gasteiger charge is -2.13. The third kappa shape index (κ3) is 2.67. The quantitative estimate of drug-likeness (QED) is 0.829. The summed E-state index contributed by atoms with van der Waals surface area (Å²) in [5, 5.41) is 8.54. The highest BCUT2D eigenvalue weighted by Gasteiger charge is 2.15. The van der Waals surface area contributed by atoms with E-state index in [4.69, 9.17) is 0 Å². The molecule has 0 spiro atoms. The van der Waals surface area contributed by atoms with Crippen LogP contribution in [0.1, 0.15) is 42.9 Å². The summed E-state index contributed by atoms with van der Waals surface area (Å²) in [6.07, 6.45) is 6.39. The van der Waals surface area contributed by atoms with Crippen molar-refractivity contribution < 1.29 is 4.39 Å². The Hall–Kier alpha value is -1.71. The monoisotopic (exact) mass is 259 g/mol. The highest BCUT2D eigenvalue weighted by Crippen LogP contribution is 2.17. The fourth-order valence-electron chi connectivity index (χ4n) is 2.66. The van der Waals surface area contributed by atoms with Gasteiger partial charge in [-0.15, -0.1) is 10.2 Å². The molecule has 1 aromatic carbocycles. The lowest BCUT2D eigenvalue weighted by atomic mass is 10.1. The molecule has 1 aromatic heterocycles. The van der Waals surface area contributed by atoms with Crippen LogP contribution in [0.25, 0.3) is 0 Å².